The van der Waals surface area contributed by atoms with Crippen molar-refractivity contribution in [3.8, 4) is 0 Å². The van der Waals surface area contributed by atoms with Gasteiger partial charge in [0.25, 0.3) is 5.91 Å². The summed E-state index contributed by atoms with van der Waals surface area (Å²) < 4.78 is 17.1. The molecule has 27 heavy (non-hydrogen) atoms. The molecule has 1 aromatic carbocycles. The summed E-state index contributed by atoms with van der Waals surface area (Å²) in [5.74, 6) is -0.159. The maximum absolute atomic E-state index is 12.4. The third-order valence-electron chi connectivity index (χ3n) is 5.55. The Labute approximate surface area is 158 Å². The summed E-state index contributed by atoms with van der Waals surface area (Å²) in [6, 6.07) is 8.99. The lowest BCUT2D eigenvalue weighted by atomic mass is 9.96. The molecule has 1 saturated carbocycles. The van der Waals surface area contributed by atoms with E-state index in [4.69, 9.17) is 14.2 Å². The SMILES string of the molecule is O=C(NC1CCCCC1)O[C@@H]1CO[C@H]2[C@@H]1OC[C@@H]2NC(=O)c1ccccc1. The van der Waals surface area contributed by atoms with Crippen molar-refractivity contribution in [2.24, 2.45) is 0 Å². The number of fused-ring (bicyclic) bond motifs is 1. The fourth-order valence-corrected chi connectivity index (χ4v) is 4.12. The first-order valence-corrected chi connectivity index (χ1v) is 9.77. The van der Waals surface area contributed by atoms with E-state index in [1.807, 2.05) is 18.2 Å². The van der Waals surface area contributed by atoms with Gasteiger partial charge in [-0.1, -0.05) is 37.5 Å². The van der Waals surface area contributed by atoms with Gasteiger partial charge in [0.1, 0.15) is 12.2 Å². The lowest BCUT2D eigenvalue weighted by molar-refractivity contribution is 0.00261. The standard InChI is InChI=1S/C20H26N2O5/c23-19(13-7-3-1-4-8-13)22-15-11-25-18-16(12-26-17(15)18)27-20(24)21-14-9-5-2-6-10-14/h1,3-4,7-8,14-18H,2,5-6,9-12H2,(H,21,24)(H,22,23)/t15-,16+,17+,18+/m0/s1. The summed E-state index contributed by atoms with van der Waals surface area (Å²) in [5.41, 5.74) is 0.596. The van der Waals surface area contributed by atoms with Gasteiger partial charge in [-0.2, -0.15) is 0 Å². The molecule has 3 fully saturated rings. The molecule has 0 radical (unpaired) electrons. The quantitative estimate of drug-likeness (QED) is 0.842. The molecule has 1 aromatic rings. The van der Waals surface area contributed by atoms with Crippen molar-refractivity contribution in [1.29, 1.82) is 0 Å². The molecule has 3 aliphatic rings. The van der Waals surface area contributed by atoms with Crippen molar-refractivity contribution < 1.29 is 23.8 Å². The summed E-state index contributed by atoms with van der Waals surface area (Å²) in [6.07, 6.45) is 4.04. The molecule has 2 saturated heterocycles. The first-order valence-electron chi connectivity index (χ1n) is 9.77. The van der Waals surface area contributed by atoms with E-state index >= 15 is 0 Å². The number of nitrogens with one attached hydrogen (secondary N) is 2. The van der Waals surface area contributed by atoms with Crippen molar-refractivity contribution in [2.75, 3.05) is 13.2 Å². The molecule has 2 aliphatic heterocycles. The maximum atomic E-state index is 12.4. The van der Waals surface area contributed by atoms with E-state index in [0.717, 1.165) is 25.7 Å². The number of hydrogen-bond acceptors (Lipinski definition) is 5. The van der Waals surface area contributed by atoms with Gasteiger partial charge in [0.2, 0.25) is 0 Å². The number of ether oxygens (including phenoxy) is 3. The zero-order chi connectivity index (χ0) is 18.6. The van der Waals surface area contributed by atoms with Crippen LogP contribution in [-0.2, 0) is 14.2 Å². The van der Waals surface area contributed by atoms with Crippen LogP contribution >= 0.6 is 0 Å². The molecule has 4 atom stereocenters. The van der Waals surface area contributed by atoms with Crippen LogP contribution in [0.4, 0.5) is 4.79 Å². The molecular formula is C20H26N2O5. The molecule has 0 bridgehead atoms. The first-order chi connectivity index (χ1) is 13.2. The van der Waals surface area contributed by atoms with Gasteiger partial charge in [0.05, 0.1) is 19.3 Å². The monoisotopic (exact) mass is 374 g/mol. The van der Waals surface area contributed by atoms with Crippen molar-refractivity contribution in [1.82, 2.24) is 10.6 Å². The molecule has 7 nitrogen and oxygen atoms in total. The minimum Gasteiger partial charge on any atom is -0.441 e. The minimum absolute atomic E-state index is 0.159. The highest BCUT2D eigenvalue weighted by molar-refractivity contribution is 5.94. The Hall–Kier alpha value is -2.12. The molecule has 2 N–H and O–H groups in total. The van der Waals surface area contributed by atoms with Gasteiger partial charge >= 0.3 is 6.09 Å². The van der Waals surface area contributed by atoms with Gasteiger partial charge in [-0.05, 0) is 25.0 Å². The normalized spacial score (nSPS) is 30.5. The molecule has 2 amide bonds. The van der Waals surface area contributed by atoms with E-state index in [1.165, 1.54) is 6.42 Å². The van der Waals surface area contributed by atoms with Crippen LogP contribution < -0.4 is 10.6 Å². The zero-order valence-electron chi connectivity index (χ0n) is 15.3. The van der Waals surface area contributed by atoms with Crippen LogP contribution in [0.25, 0.3) is 0 Å². The Balaban J connectivity index is 1.28. The van der Waals surface area contributed by atoms with Gasteiger partial charge in [-0.15, -0.1) is 0 Å². The molecule has 146 valence electrons. The fourth-order valence-electron chi connectivity index (χ4n) is 4.12. The predicted molar refractivity (Wildman–Crippen MR) is 97.5 cm³/mol. The lowest BCUT2D eigenvalue weighted by Crippen LogP contribution is -2.45. The van der Waals surface area contributed by atoms with Gasteiger partial charge in [-0.3, -0.25) is 4.79 Å². The van der Waals surface area contributed by atoms with Crippen LogP contribution in [0, 0.1) is 0 Å². The second kappa shape index (κ2) is 8.27. The Kier molecular flexibility index (Phi) is 5.59. The largest absolute Gasteiger partial charge is 0.441 e. The third kappa shape index (κ3) is 4.25. The van der Waals surface area contributed by atoms with Gasteiger partial charge in [0, 0.05) is 11.6 Å². The molecular weight excluding hydrogens is 348 g/mol. The highest BCUT2D eigenvalue weighted by Gasteiger charge is 2.50. The summed E-state index contributed by atoms with van der Waals surface area (Å²) in [5, 5.41) is 5.91. The number of amides is 2. The van der Waals surface area contributed by atoms with Crippen molar-refractivity contribution in [2.45, 2.75) is 62.5 Å². The number of carbonyl (C=O) groups excluding carboxylic acids is 2. The summed E-state index contributed by atoms with van der Waals surface area (Å²) >= 11 is 0. The average molecular weight is 374 g/mol. The second-order valence-corrected chi connectivity index (χ2v) is 7.46. The van der Waals surface area contributed by atoms with Crippen LogP contribution in [0.3, 0.4) is 0 Å². The van der Waals surface area contributed by atoms with Crippen LogP contribution in [0.2, 0.25) is 0 Å². The van der Waals surface area contributed by atoms with E-state index in [2.05, 4.69) is 10.6 Å². The van der Waals surface area contributed by atoms with Gasteiger partial charge in [0.15, 0.2) is 6.10 Å². The highest BCUT2D eigenvalue weighted by atomic mass is 16.6. The Bertz CT molecular complexity index is 662. The molecule has 1 aliphatic carbocycles. The summed E-state index contributed by atoms with van der Waals surface area (Å²) in [7, 11) is 0. The molecule has 4 rings (SSSR count). The van der Waals surface area contributed by atoms with E-state index in [-0.39, 0.29) is 36.8 Å². The average Bonchev–Trinajstić information content (AvgIpc) is 3.27. The van der Waals surface area contributed by atoms with Gasteiger partial charge in [-0.25, -0.2) is 4.79 Å². The number of alkyl carbamates (subject to hydrolysis) is 1. The molecule has 7 heteroatoms. The summed E-state index contributed by atoms with van der Waals surface area (Å²) in [4.78, 5) is 24.5. The van der Waals surface area contributed by atoms with Gasteiger partial charge < -0.3 is 24.8 Å². The molecule has 2 heterocycles. The van der Waals surface area contributed by atoms with Crippen LogP contribution in [-0.4, -0.2) is 55.6 Å². The maximum Gasteiger partial charge on any atom is 0.407 e. The van der Waals surface area contributed by atoms with Crippen LogP contribution in [0.5, 0.6) is 0 Å². The fraction of sp³-hybridized carbons (Fsp3) is 0.600. The van der Waals surface area contributed by atoms with E-state index < -0.39 is 12.2 Å². The Morgan fingerprint density at radius 2 is 1.67 bits per heavy atom. The van der Waals surface area contributed by atoms with Crippen molar-refractivity contribution in [3.05, 3.63) is 35.9 Å². The zero-order valence-corrected chi connectivity index (χ0v) is 15.3. The molecule has 0 aromatic heterocycles. The number of rotatable bonds is 4. The molecule has 0 unspecified atom stereocenters. The number of carbonyl (C=O) groups is 2. The lowest BCUT2D eigenvalue weighted by Gasteiger charge is -2.24. The topological polar surface area (TPSA) is 85.9 Å². The molecule has 0 spiro atoms. The number of benzene rings is 1. The summed E-state index contributed by atoms with van der Waals surface area (Å²) in [6.45, 7) is 0.628. The Morgan fingerprint density at radius 1 is 0.926 bits per heavy atom. The van der Waals surface area contributed by atoms with Crippen LogP contribution in [0.15, 0.2) is 30.3 Å². The third-order valence-corrected chi connectivity index (χ3v) is 5.55. The van der Waals surface area contributed by atoms with Crippen LogP contribution in [0.1, 0.15) is 42.5 Å². The van der Waals surface area contributed by atoms with Crippen molar-refractivity contribution >= 4 is 12.0 Å². The minimum atomic E-state index is -0.447. The van der Waals surface area contributed by atoms with E-state index in [9.17, 15) is 9.59 Å². The van der Waals surface area contributed by atoms with E-state index in [0.29, 0.717) is 12.2 Å². The number of hydrogen-bond donors (Lipinski definition) is 2. The van der Waals surface area contributed by atoms with E-state index in [1.54, 1.807) is 12.1 Å². The first kappa shape index (κ1) is 18.3. The Morgan fingerprint density at radius 3 is 2.44 bits per heavy atom. The second-order valence-electron chi connectivity index (χ2n) is 7.46. The predicted octanol–water partition coefficient (Wildman–Crippen LogP) is 2.01. The smallest absolute Gasteiger partial charge is 0.407 e. The highest BCUT2D eigenvalue weighted by Crippen LogP contribution is 2.29. The van der Waals surface area contributed by atoms with Crippen molar-refractivity contribution in [3.63, 3.8) is 0 Å².